The smallest absolute Gasteiger partial charge is 0.407 e. The second-order valence-electron chi connectivity index (χ2n) is 13.6. The lowest BCUT2D eigenvalue weighted by Crippen LogP contribution is -2.51. The fourth-order valence-electron chi connectivity index (χ4n) is 9.24. The summed E-state index contributed by atoms with van der Waals surface area (Å²) in [6.45, 7) is 13.7. The zero-order valence-electron chi connectivity index (χ0n) is 23.4. The molecule has 4 aliphatic carbocycles. The minimum Gasteiger partial charge on any atom is -0.446 e. The average Bonchev–Trinajstić information content (AvgIpc) is 3.16. The van der Waals surface area contributed by atoms with Gasteiger partial charge in [0.1, 0.15) is 6.10 Å². The van der Waals surface area contributed by atoms with Gasteiger partial charge >= 0.3 is 6.09 Å². The third kappa shape index (κ3) is 5.48. The van der Waals surface area contributed by atoms with Crippen molar-refractivity contribution in [2.24, 2.45) is 52.1 Å². The molecule has 0 aromatic heterocycles. The van der Waals surface area contributed by atoms with Crippen molar-refractivity contribution >= 4 is 6.09 Å². The Labute approximate surface area is 215 Å². The molecule has 3 saturated carbocycles. The zero-order chi connectivity index (χ0) is 25.2. The Morgan fingerprint density at radius 2 is 1.89 bits per heavy atom. The number of carbonyl (C=O) groups is 1. The van der Waals surface area contributed by atoms with Gasteiger partial charge in [-0.05, 0) is 104 Å². The first-order valence-electron chi connectivity index (χ1n) is 15.0. The van der Waals surface area contributed by atoms with Gasteiger partial charge in [-0.25, -0.2) is 4.79 Å². The Morgan fingerprint density at radius 1 is 1.09 bits per heavy atom. The monoisotopic (exact) mass is 486 g/mol. The Morgan fingerprint density at radius 3 is 2.63 bits per heavy atom. The second kappa shape index (κ2) is 11.2. The van der Waals surface area contributed by atoms with Crippen molar-refractivity contribution in [3.63, 3.8) is 0 Å². The number of nitrogens with two attached hydrogens (primary N) is 1. The van der Waals surface area contributed by atoms with Crippen LogP contribution in [-0.2, 0) is 4.74 Å². The molecule has 4 aliphatic rings. The van der Waals surface area contributed by atoms with Gasteiger partial charge in [-0.3, -0.25) is 0 Å². The molecule has 8 atom stereocenters. The number of alkyl carbamates (subject to hydrolysis) is 1. The molecule has 0 aliphatic heterocycles. The van der Waals surface area contributed by atoms with E-state index in [-0.39, 0.29) is 12.2 Å². The van der Waals surface area contributed by atoms with Crippen LogP contribution >= 0.6 is 0 Å². The van der Waals surface area contributed by atoms with Gasteiger partial charge in [0.25, 0.3) is 0 Å². The molecule has 0 bridgehead atoms. The Balaban J connectivity index is 1.39. The van der Waals surface area contributed by atoms with Gasteiger partial charge in [0.15, 0.2) is 0 Å². The quantitative estimate of drug-likeness (QED) is 0.262. The van der Waals surface area contributed by atoms with Gasteiger partial charge in [-0.2, -0.15) is 0 Å². The Kier molecular flexibility index (Phi) is 8.61. The van der Waals surface area contributed by atoms with Crippen LogP contribution in [0.1, 0.15) is 112 Å². The highest BCUT2D eigenvalue weighted by atomic mass is 16.6. The van der Waals surface area contributed by atoms with Crippen molar-refractivity contribution in [2.45, 2.75) is 118 Å². The highest BCUT2D eigenvalue weighted by Gasteiger charge is 2.59. The summed E-state index contributed by atoms with van der Waals surface area (Å²) in [4.78, 5) is 12.2. The molecule has 200 valence electrons. The van der Waals surface area contributed by atoms with E-state index in [2.05, 4.69) is 46.0 Å². The van der Waals surface area contributed by atoms with E-state index in [4.69, 9.17) is 10.5 Å². The van der Waals surface area contributed by atoms with Gasteiger partial charge in [0.2, 0.25) is 0 Å². The molecule has 4 heteroatoms. The Hall–Kier alpha value is -1.03. The molecular weight excluding hydrogens is 432 g/mol. The highest BCUT2D eigenvalue weighted by molar-refractivity contribution is 5.67. The lowest BCUT2D eigenvalue weighted by molar-refractivity contribution is -0.0581. The second-order valence-corrected chi connectivity index (χ2v) is 13.6. The number of hydrogen-bond acceptors (Lipinski definition) is 3. The molecule has 3 fully saturated rings. The molecular formula is C31H54N2O2. The van der Waals surface area contributed by atoms with Crippen LogP contribution < -0.4 is 11.1 Å². The summed E-state index contributed by atoms with van der Waals surface area (Å²) in [6.07, 6.45) is 17.4. The number of amides is 1. The topological polar surface area (TPSA) is 64.3 Å². The molecule has 4 nitrogen and oxygen atoms in total. The molecule has 0 saturated heterocycles. The summed E-state index contributed by atoms with van der Waals surface area (Å²) in [7, 11) is 0. The Bertz CT molecular complexity index is 763. The first-order valence-corrected chi connectivity index (χ1v) is 15.0. The van der Waals surface area contributed by atoms with Crippen molar-refractivity contribution in [1.29, 1.82) is 0 Å². The number of rotatable bonds is 9. The van der Waals surface area contributed by atoms with E-state index in [1.165, 1.54) is 57.8 Å². The van der Waals surface area contributed by atoms with Crippen molar-refractivity contribution in [3.05, 3.63) is 11.6 Å². The molecule has 3 N–H and O–H groups in total. The van der Waals surface area contributed by atoms with Crippen LogP contribution in [0.4, 0.5) is 4.79 Å². The third-order valence-electron chi connectivity index (χ3n) is 11.2. The molecule has 0 radical (unpaired) electrons. The summed E-state index contributed by atoms with van der Waals surface area (Å²) in [6, 6.07) is 0. The number of allylic oxidation sites excluding steroid dienone is 1. The molecule has 0 aromatic carbocycles. The number of ether oxygens (including phenoxy) is 1. The molecule has 1 unspecified atom stereocenters. The van der Waals surface area contributed by atoms with Crippen molar-refractivity contribution in [3.8, 4) is 0 Å². The molecule has 0 aromatic rings. The van der Waals surface area contributed by atoms with Crippen LogP contribution in [0.3, 0.4) is 0 Å². The van der Waals surface area contributed by atoms with E-state index >= 15 is 0 Å². The maximum absolute atomic E-state index is 12.2. The summed E-state index contributed by atoms with van der Waals surface area (Å²) in [5, 5.41) is 2.86. The molecule has 0 spiro atoms. The fraction of sp³-hybridized carbons (Fsp3) is 0.903. The van der Waals surface area contributed by atoms with Crippen molar-refractivity contribution < 1.29 is 9.53 Å². The van der Waals surface area contributed by atoms with E-state index in [0.29, 0.717) is 23.9 Å². The SMILES string of the molecule is CC(C)CCC[C@@H](C)[C@H]1CC[C@H]2[C@@H]3CC=C4C[C@@H](OC(=O)NCCCN)CC[C@]4(C)C3CC[C@]12C. The minimum absolute atomic E-state index is 0.0279. The third-order valence-corrected chi connectivity index (χ3v) is 11.2. The van der Waals surface area contributed by atoms with Crippen LogP contribution in [0, 0.1) is 46.3 Å². The predicted octanol–water partition coefficient (Wildman–Crippen LogP) is 7.47. The minimum atomic E-state index is -0.269. The maximum Gasteiger partial charge on any atom is 0.407 e. The largest absolute Gasteiger partial charge is 0.446 e. The lowest BCUT2D eigenvalue weighted by atomic mass is 9.47. The lowest BCUT2D eigenvalue weighted by Gasteiger charge is -2.58. The first kappa shape index (κ1) is 27.0. The molecule has 0 heterocycles. The number of hydrogen-bond donors (Lipinski definition) is 2. The molecule has 35 heavy (non-hydrogen) atoms. The first-order chi connectivity index (χ1) is 16.7. The van der Waals surface area contributed by atoms with E-state index in [1.807, 2.05) is 0 Å². The average molecular weight is 487 g/mol. The van der Waals surface area contributed by atoms with Gasteiger partial charge in [-0.15, -0.1) is 0 Å². The zero-order valence-corrected chi connectivity index (χ0v) is 23.4. The summed E-state index contributed by atoms with van der Waals surface area (Å²) in [5.74, 6) is 5.19. The van der Waals surface area contributed by atoms with Gasteiger partial charge in [0.05, 0.1) is 0 Å². The number of carbonyl (C=O) groups excluding carboxylic acids is 1. The molecule has 1 amide bonds. The predicted molar refractivity (Wildman–Crippen MR) is 145 cm³/mol. The summed E-state index contributed by atoms with van der Waals surface area (Å²) in [5.41, 5.74) is 7.97. The van der Waals surface area contributed by atoms with Crippen LogP contribution in [0.15, 0.2) is 11.6 Å². The normalized spacial score (nSPS) is 39.3. The van der Waals surface area contributed by atoms with Crippen LogP contribution in [0.2, 0.25) is 0 Å². The van der Waals surface area contributed by atoms with Crippen molar-refractivity contribution in [2.75, 3.05) is 13.1 Å². The van der Waals surface area contributed by atoms with Gasteiger partial charge in [-0.1, -0.05) is 65.5 Å². The molecule has 4 rings (SSSR count). The number of nitrogens with one attached hydrogen (secondary N) is 1. The van der Waals surface area contributed by atoms with E-state index in [1.54, 1.807) is 5.57 Å². The summed E-state index contributed by atoms with van der Waals surface area (Å²) < 4.78 is 5.81. The standard InChI is InChI=1S/C31H54N2O2/c1-21(2)8-6-9-22(3)26-12-13-27-25-11-10-23-20-24(35-29(34)33-19-7-18-32)14-16-30(23,4)28(25)15-17-31(26,27)5/h10,21-22,24-28H,6-9,11-20,32H2,1-5H3,(H,33,34)/t22-,24+,25+,26-,27+,28?,30+,31-/m1/s1. The highest BCUT2D eigenvalue weighted by Crippen LogP contribution is 2.67. The van der Waals surface area contributed by atoms with E-state index in [0.717, 1.165) is 54.8 Å². The summed E-state index contributed by atoms with van der Waals surface area (Å²) >= 11 is 0. The van der Waals surface area contributed by atoms with Gasteiger partial charge < -0.3 is 15.8 Å². The van der Waals surface area contributed by atoms with Crippen LogP contribution in [-0.4, -0.2) is 25.3 Å². The van der Waals surface area contributed by atoms with Gasteiger partial charge in [0, 0.05) is 13.0 Å². The maximum atomic E-state index is 12.2. The van der Waals surface area contributed by atoms with Crippen LogP contribution in [0.5, 0.6) is 0 Å². The number of fused-ring (bicyclic) bond motifs is 5. The van der Waals surface area contributed by atoms with Crippen molar-refractivity contribution in [1.82, 2.24) is 5.32 Å². The van der Waals surface area contributed by atoms with Crippen LogP contribution in [0.25, 0.3) is 0 Å². The van der Waals surface area contributed by atoms with E-state index in [9.17, 15) is 4.79 Å². The van der Waals surface area contributed by atoms with E-state index < -0.39 is 0 Å². The fourth-order valence-corrected chi connectivity index (χ4v) is 9.24.